The summed E-state index contributed by atoms with van der Waals surface area (Å²) >= 11 is 0. The first-order valence-electron chi connectivity index (χ1n) is 18.3. The summed E-state index contributed by atoms with van der Waals surface area (Å²) in [7, 11) is 0. The third-order valence-corrected chi connectivity index (χ3v) is 12.0. The van der Waals surface area contributed by atoms with Crippen LogP contribution in [0.15, 0.2) is 30.5 Å². The highest BCUT2D eigenvalue weighted by Crippen LogP contribution is 2.42. The van der Waals surface area contributed by atoms with Gasteiger partial charge in [0.1, 0.15) is 30.2 Å². The maximum atomic E-state index is 15.1. The van der Waals surface area contributed by atoms with Gasteiger partial charge in [-0.25, -0.2) is 8.78 Å². The van der Waals surface area contributed by atoms with Crippen LogP contribution in [0.3, 0.4) is 0 Å². The molecule has 3 fully saturated rings. The third-order valence-electron chi connectivity index (χ3n) is 12.0. The van der Waals surface area contributed by atoms with Crippen LogP contribution in [0.2, 0.25) is 0 Å². The van der Waals surface area contributed by atoms with Crippen molar-refractivity contribution in [3.8, 4) is 11.8 Å². The van der Waals surface area contributed by atoms with E-state index in [0.29, 0.717) is 63.1 Å². The molecule has 1 N–H and O–H groups in total. The number of phenols is 1. The van der Waals surface area contributed by atoms with Crippen molar-refractivity contribution in [3.63, 3.8) is 0 Å². The van der Waals surface area contributed by atoms with Crippen molar-refractivity contribution >= 4 is 22.3 Å². The Hall–Kier alpha value is -3.99. The summed E-state index contributed by atoms with van der Waals surface area (Å²) < 4.78 is 38.5. The number of rotatable bonds is 7. The summed E-state index contributed by atoms with van der Waals surface area (Å²) in [6.07, 6.45) is 10.6. The molecule has 2 atom stereocenters. The molecule has 9 nitrogen and oxygen atoms in total. The van der Waals surface area contributed by atoms with Crippen LogP contribution in [-0.2, 0) is 32.4 Å². The van der Waals surface area contributed by atoms with Gasteiger partial charge in [-0.2, -0.15) is 15.1 Å². The van der Waals surface area contributed by atoms with E-state index in [4.69, 9.17) is 19.8 Å². The van der Waals surface area contributed by atoms with Gasteiger partial charge in [-0.3, -0.25) is 9.58 Å². The number of nitrogens with zero attached hydrogens (tertiary/aromatic N) is 7. The average Bonchev–Trinajstić information content (AvgIpc) is 3.68. The molecule has 4 aromatic rings. The fraction of sp³-hybridized carbons (Fsp3) is 0.553. The molecule has 4 aliphatic heterocycles. The molecule has 258 valence electrons. The highest BCUT2D eigenvalue weighted by atomic mass is 19.1. The van der Waals surface area contributed by atoms with Crippen molar-refractivity contribution in [2.45, 2.75) is 102 Å². The number of ether oxygens (including phenoxy) is 1. The van der Waals surface area contributed by atoms with E-state index in [-0.39, 0.29) is 17.1 Å². The van der Waals surface area contributed by atoms with Crippen LogP contribution in [0, 0.1) is 5.82 Å². The first kappa shape index (κ1) is 31.0. The van der Waals surface area contributed by atoms with Gasteiger partial charge in [-0.1, -0.05) is 13.0 Å². The summed E-state index contributed by atoms with van der Waals surface area (Å²) in [5, 5.41) is 17.2. The minimum absolute atomic E-state index is 0.153. The molecule has 6 heterocycles. The minimum Gasteiger partial charge on any atom is -0.508 e. The number of anilines is 2. The Morgan fingerprint density at radius 1 is 1.02 bits per heavy atom. The van der Waals surface area contributed by atoms with Gasteiger partial charge in [-0.15, -0.1) is 0 Å². The summed E-state index contributed by atoms with van der Waals surface area (Å²) in [4.78, 5) is 17.0. The monoisotopic (exact) mass is 669 g/mol. The molecule has 2 aromatic carbocycles. The molecule has 11 heteroatoms. The molecule has 0 spiro atoms. The zero-order chi connectivity index (χ0) is 33.3. The molecule has 9 rings (SSSR count). The van der Waals surface area contributed by atoms with Gasteiger partial charge in [0.15, 0.2) is 0 Å². The van der Waals surface area contributed by atoms with Crippen LogP contribution in [0.25, 0.3) is 10.8 Å². The molecular weight excluding hydrogens is 624 g/mol. The summed E-state index contributed by atoms with van der Waals surface area (Å²) in [6.45, 7) is 6.44. The predicted octanol–water partition coefficient (Wildman–Crippen LogP) is 6.43. The lowest BCUT2D eigenvalue weighted by molar-refractivity contribution is 0.107. The number of phenolic OH excluding ortho intramolecular Hbond substituents is 1. The molecule has 1 aliphatic carbocycles. The minimum atomic E-state index is -0.834. The molecule has 0 radical (unpaired) electrons. The maximum Gasteiger partial charge on any atom is 0.318 e. The van der Waals surface area contributed by atoms with Gasteiger partial charge in [0, 0.05) is 66.6 Å². The van der Waals surface area contributed by atoms with Crippen LogP contribution in [0.1, 0.15) is 86.0 Å². The van der Waals surface area contributed by atoms with E-state index in [1.165, 1.54) is 36.6 Å². The second-order valence-corrected chi connectivity index (χ2v) is 14.9. The topological polar surface area (TPSA) is 82.8 Å². The number of aryl methyl sites for hydroxylation is 1. The van der Waals surface area contributed by atoms with E-state index in [1.807, 2.05) is 6.92 Å². The Morgan fingerprint density at radius 2 is 1.92 bits per heavy atom. The van der Waals surface area contributed by atoms with Crippen molar-refractivity contribution in [1.29, 1.82) is 0 Å². The highest BCUT2D eigenvalue weighted by Gasteiger charge is 2.49. The molecule has 0 unspecified atom stereocenters. The SMILES string of the molecule is CCc1c(F)ccc2cc(O)cc(N3CCc4c(nc(OC[C@@]56CCCN5C[C@H](F)C6)nc4N4CCCc5c(cnn5C5CCC5)C4)C3)c12. The average molecular weight is 670 g/mol. The normalized spacial score (nSPS) is 24.1. The zero-order valence-electron chi connectivity index (χ0n) is 28.3. The molecular formula is C38H45F2N7O2. The largest absolute Gasteiger partial charge is 0.508 e. The second-order valence-electron chi connectivity index (χ2n) is 14.9. The Morgan fingerprint density at radius 3 is 2.76 bits per heavy atom. The van der Waals surface area contributed by atoms with Crippen LogP contribution >= 0.6 is 0 Å². The number of aromatic nitrogens is 4. The predicted molar refractivity (Wildman–Crippen MR) is 185 cm³/mol. The van der Waals surface area contributed by atoms with E-state index in [1.54, 1.807) is 18.2 Å². The van der Waals surface area contributed by atoms with Gasteiger partial charge < -0.3 is 19.6 Å². The number of aromatic hydroxyl groups is 1. The number of hydrogen-bond donors (Lipinski definition) is 1. The molecule has 2 aromatic heterocycles. The van der Waals surface area contributed by atoms with E-state index < -0.39 is 6.17 Å². The Kier molecular flexibility index (Phi) is 7.66. The van der Waals surface area contributed by atoms with Gasteiger partial charge in [-0.05, 0) is 87.4 Å². The Bertz CT molecular complexity index is 1910. The molecule has 0 bridgehead atoms. The van der Waals surface area contributed by atoms with E-state index >= 15 is 4.39 Å². The van der Waals surface area contributed by atoms with E-state index in [2.05, 4.69) is 25.6 Å². The number of halogens is 2. The number of hydrogen-bond acceptors (Lipinski definition) is 8. The molecule has 2 saturated heterocycles. The van der Waals surface area contributed by atoms with Crippen LogP contribution in [0.4, 0.5) is 20.3 Å². The quantitative estimate of drug-likeness (QED) is 0.241. The lowest BCUT2D eigenvalue weighted by atomic mass is 9.93. The van der Waals surface area contributed by atoms with Crippen molar-refractivity contribution < 1.29 is 18.6 Å². The zero-order valence-corrected chi connectivity index (χ0v) is 28.3. The van der Waals surface area contributed by atoms with Gasteiger partial charge in [0.25, 0.3) is 0 Å². The Balaban J connectivity index is 1.09. The van der Waals surface area contributed by atoms with Crippen LogP contribution in [0.5, 0.6) is 11.8 Å². The van der Waals surface area contributed by atoms with E-state index in [9.17, 15) is 9.50 Å². The first-order valence-corrected chi connectivity index (χ1v) is 18.3. The smallest absolute Gasteiger partial charge is 0.318 e. The Labute approximate surface area is 285 Å². The standard InChI is InChI=1S/C38H45F2N7O2/c1-2-29-31(40)10-9-24-16-28(48)17-34(35(24)29)44-15-11-30-32(22-44)42-37(49-23-38-12-5-14-46(38)21-26(39)18-38)43-36(30)45-13-4-8-33-25(20-45)19-41-47(33)27-6-3-7-27/h9-10,16-17,19,26-27,48H,2-8,11-15,18,20-23H2,1H3/t26-,38+/m1/s1. The second kappa shape index (κ2) is 12.1. The molecule has 49 heavy (non-hydrogen) atoms. The van der Waals surface area contributed by atoms with Gasteiger partial charge in [0.2, 0.25) is 0 Å². The maximum absolute atomic E-state index is 15.1. The first-order chi connectivity index (χ1) is 23.9. The summed E-state index contributed by atoms with van der Waals surface area (Å²) in [6, 6.07) is 7.55. The molecule has 0 amide bonds. The third kappa shape index (κ3) is 5.30. The van der Waals surface area contributed by atoms with Crippen LogP contribution in [-0.4, -0.2) is 74.3 Å². The molecule has 1 saturated carbocycles. The fourth-order valence-electron chi connectivity index (χ4n) is 9.32. The fourth-order valence-corrected chi connectivity index (χ4v) is 9.32. The number of fused-ring (bicyclic) bond motifs is 4. The lowest BCUT2D eigenvalue weighted by Crippen LogP contribution is -2.43. The number of alkyl halides is 1. The van der Waals surface area contributed by atoms with Crippen molar-refractivity contribution in [2.24, 2.45) is 0 Å². The summed E-state index contributed by atoms with van der Waals surface area (Å²) in [5.41, 5.74) is 5.75. The van der Waals surface area contributed by atoms with Crippen molar-refractivity contribution in [3.05, 3.63) is 64.4 Å². The lowest BCUT2D eigenvalue weighted by Gasteiger charge is -2.35. The van der Waals surface area contributed by atoms with Crippen LogP contribution < -0.4 is 14.5 Å². The number of benzene rings is 2. The highest BCUT2D eigenvalue weighted by molar-refractivity contribution is 5.98. The van der Waals surface area contributed by atoms with Crippen molar-refractivity contribution in [1.82, 2.24) is 24.6 Å². The van der Waals surface area contributed by atoms with Gasteiger partial charge in [0.05, 0.1) is 30.0 Å². The van der Waals surface area contributed by atoms with Gasteiger partial charge >= 0.3 is 6.01 Å². The molecule has 5 aliphatic rings. The van der Waals surface area contributed by atoms with Crippen molar-refractivity contribution in [2.75, 3.05) is 42.6 Å². The summed E-state index contributed by atoms with van der Waals surface area (Å²) in [5.74, 6) is 0.823. The van der Waals surface area contributed by atoms with E-state index in [0.717, 1.165) is 78.9 Å².